The minimum atomic E-state index is -0.326. The van der Waals surface area contributed by atoms with Crippen LogP contribution in [-0.4, -0.2) is 11.9 Å². The number of nitrogens with one attached hydrogen (secondary N) is 2. The van der Waals surface area contributed by atoms with E-state index in [1.54, 1.807) is 24.3 Å². The van der Waals surface area contributed by atoms with Crippen LogP contribution in [0.3, 0.4) is 0 Å². The largest absolute Gasteiger partial charge is 0.374 e. The molecule has 1 atom stereocenters. The molecule has 2 rings (SSSR count). The predicted octanol–water partition coefficient (Wildman–Crippen LogP) is 4.34. The van der Waals surface area contributed by atoms with Crippen LogP contribution >= 0.6 is 11.6 Å². The van der Waals surface area contributed by atoms with Gasteiger partial charge in [-0.3, -0.25) is 4.79 Å². The summed E-state index contributed by atoms with van der Waals surface area (Å²) in [5.41, 5.74) is 2.93. The second kappa shape index (κ2) is 7.14. The van der Waals surface area contributed by atoms with Gasteiger partial charge in [0.15, 0.2) is 0 Å². The van der Waals surface area contributed by atoms with Crippen molar-refractivity contribution in [3.05, 3.63) is 59.1 Å². The standard InChI is InChI=1S/C17H19ClN2O/c1-3-13-5-4-6-16(11-13)19-12(2)17(21)20-15-9-7-14(18)8-10-15/h4-12,19H,3H2,1-2H3,(H,20,21)/t12-/m1/s1. The molecule has 4 heteroatoms. The van der Waals surface area contributed by atoms with Crippen molar-refractivity contribution in [1.29, 1.82) is 0 Å². The van der Waals surface area contributed by atoms with E-state index in [4.69, 9.17) is 11.6 Å². The first-order valence-corrected chi connectivity index (χ1v) is 7.38. The van der Waals surface area contributed by atoms with Crippen LogP contribution in [0.15, 0.2) is 48.5 Å². The second-order valence-electron chi connectivity index (χ2n) is 4.92. The Balaban J connectivity index is 1.97. The number of benzene rings is 2. The second-order valence-corrected chi connectivity index (χ2v) is 5.35. The number of hydrogen-bond donors (Lipinski definition) is 2. The van der Waals surface area contributed by atoms with Crippen LogP contribution in [0, 0.1) is 0 Å². The summed E-state index contributed by atoms with van der Waals surface area (Å²) in [4.78, 5) is 12.1. The molecule has 0 radical (unpaired) electrons. The summed E-state index contributed by atoms with van der Waals surface area (Å²) in [5.74, 6) is -0.0841. The zero-order valence-corrected chi connectivity index (χ0v) is 12.9. The van der Waals surface area contributed by atoms with Gasteiger partial charge in [-0.25, -0.2) is 0 Å². The van der Waals surface area contributed by atoms with Gasteiger partial charge in [0.25, 0.3) is 0 Å². The molecule has 21 heavy (non-hydrogen) atoms. The molecule has 0 spiro atoms. The van der Waals surface area contributed by atoms with Crippen molar-refractivity contribution in [2.45, 2.75) is 26.3 Å². The van der Waals surface area contributed by atoms with Crippen LogP contribution < -0.4 is 10.6 Å². The molecular weight excluding hydrogens is 284 g/mol. The van der Waals surface area contributed by atoms with Gasteiger partial charge in [-0.2, -0.15) is 0 Å². The number of halogens is 1. The Kier molecular flexibility index (Phi) is 5.23. The SMILES string of the molecule is CCc1cccc(N[C@H](C)C(=O)Nc2ccc(Cl)cc2)c1. The highest BCUT2D eigenvalue weighted by Crippen LogP contribution is 2.15. The van der Waals surface area contributed by atoms with E-state index in [1.807, 2.05) is 19.1 Å². The minimum absolute atomic E-state index is 0.0841. The van der Waals surface area contributed by atoms with Gasteiger partial charge in [-0.15, -0.1) is 0 Å². The summed E-state index contributed by atoms with van der Waals surface area (Å²) in [7, 11) is 0. The molecule has 0 aliphatic heterocycles. The highest BCUT2D eigenvalue weighted by atomic mass is 35.5. The maximum atomic E-state index is 12.1. The topological polar surface area (TPSA) is 41.1 Å². The van der Waals surface area contributed by atoms with Crippen LogP contribution in [0.5, 0.6) is 0 Å². The van der Waals surface area contributed by atoms with Crippen LogP contribution in [0.1, 0.15) is 19.4 Å². The summed E-state index contributed by atoms with van der Waals surface area (Å²) < 4.78 is 0. The third kappa shape index (κ3) is 4.50. The zero-order chi connectivity index (χ0) is 15.2. The summed E-state index contributed by atoms with van der Waals surface area (Å²) >= 11 is 5.82. The van der Waals surface area contributed by atoms with Gasteiger partial charge in [0.2, 0.25) is 5.91 Å². The quantitative estimate of drug-likeness (QED) is 0.862. The molecule has 0 aliphatic carbocycles. The van der Waals surface area contributed by atoms with Gasteiger partial charge < -0.3 is 10.6 Å². The normalized spacial score (nSPS) is 11.8. The third-order valence-electron chi connectivity index (χ3n) is 3.22. The van der Waals surface area contributed by atoms with E-state index in [-0.39, 0.29) is 11.9 Å². The molecule has 0 fully saturated rings. The summed E-state index contributed by atoms with van der Waals surface area (Å²) in [5, 5.41) is 6.72. The Labute approximate surface area is 130 Å². The monoisotopic (exact) mass is 302 g/mol. The Morgan fingerprint density at radius 3 is 2.52 bits per heavy atom. The lowest BCUT2D eigenvalue weighted by atomic mass is 10.1. The third-order valence-corrected chi connectivity index (χ3v) is 3.48. The molecule has 0 aliphatic rings. The minimum Gasteiger partial charge on any atom is -0.374 e. The molecule has 2 N–H and O–H groups in total. The van der Waals surface area contributed by atoms with E-state index in [1.165, 1.54) is 5.56 Å². The van der Waals surface area contributed by atoms with Crippen LogP contribution in [0.2, 0.25) is 5.02 Å². The molecule has 2 aromatic rings. The van der Waals surface area contributed by atoms with Crippen molar-refractivity contribution in [2.75, 3.05) is 10.6 Å². The number of carbonyl (C=O) groups is 1. The van der Waals surface area contributed by atoms with E-state index in [0.29, 0.717) is 5.02 Å². The van der Waals surface area contributed by atoms with E-state index in [2.05, 4.69) is 29.7 Å². The van der Waals surface area contributed by atoms with E-state index in [0.717, 1.165) is 17.8 Å². The van der Waals surface area contributed by atoms with Gasteiger partial charge in [-0.05, 0) is 55.3 Å². The average molecular weight is 303 g/mol. The molecule has 0 bridgehead atoms. The van der Waals surface area contributed by atoms with Crippen molar-refractivity contribution in [3.63, 3.8) is 0 Å². The number of rotatable bonds is 5. The Morgan fingerprint density at radius 2 is 1.86 bits per heavy atom. The van der Waals surface area contributed by atoms with Crippen molar-refractivity contribution in [3.8, 4) is 0 Å². The highest BCUT2D eigenvalue weighted by Gasteiger charge is 2.12. The fourth-order valence-corrected chi connectivity index (χ4v) is 2.11. The van der Waals surface area contributed by atoms with Crippen LogP contribution in [-0.2, 0) is 11.2 Å². The smallest absolute Gasteiger partial charge is 0.246 e. The van der Waals surface area contributed by atoms with E-state index in [9.17, 15) is 4.79 Å². The van der Waals surface area contributed by atoms with Gasteiger partial charge in [-0.1, -0.05) is 30.7 Å². The maximum Gasteiger partial charge on any atom is 0.246 e. The Hall–Kier alpha value is -2.00. The molecule has 1 amide bonds. The first-order chi connectivity index (χ1) is 10.1. The molecule has 2 aromatic carbocycles. The molecule has 110 valence electrons. The van der Waals surface area contributed by atoms with E-state index >= 15 is 0 Å². The average Bonchev–Trinajstić information content (AvgIpc) is 2.49. The zero-order valence-electron chi connectivity index (χ0n) is 12.2. The number of aryl methyl sites for hydroxylation is 1. The molecule has 0 heterocycles. The number of anilines is 2. The highest BCUT2D eigenvalue weighted by molar-refractivity contribution is 6.30. The molecule has 0 unspecified atom stereocenters. The lowest BCUT2D eigenvalue weighted by Crippen LogP contribution is -2.31. The summed E-state index contributed by atoms with van der Waals surface area (Å²) in [6.07, 6.45) is 0.973. The first-order valence-electron chi connectivity index (χ1n) is 7.00. The molecule has 0 saturated carbocycles. The van der Waals surface area contributed by atoms with Crippen molar-refractivity contribution in [1.82, 2.24) is 0 Å². The van der Waals surface area contributed by atoms with Crippen molar-refractivity contribution < 1.29 is 4.79 Å². The number of amides is 1. The number of carbonyl (C=O) groups excluding carboxylic acids is 1. The fraction of sp³-hybridized carbons (Fsp3) is 0.235. The predicted molar refractivity (Wildman–Crippen MR) is 89.0 cm³/mol. The van der Waals surface area contributed by atoms with Gasteiger partial charge >= 0.3 is 0 Å². The van der Waals surface area contributed by atoms with Crippen molar-refractivity contribution >= 4 is 28.9 Å². The Morgan fingerprint density at radius 1 is 1.14 bits per heavy atom. The van der Waals surface area contributed by atoms with Crippen LogP contribution in [0.4, 0.5) is 11.4 Å². The number of hydrogen-bond acceptors (Lipinski definition) is 2. The molecule has 3 nitrogen and oxygen atoms in total. The summed E-state index contributed by atoms with van der Waals surface area (Å²) in [6.45, 7) is 3.94. The fourth-order valence-electron chi connectivity index (χ4n) is 1.98. The maximum absolute atomic E-state index is 12.1. The molecular formula is C17H19ClN2O. The molecule has 0 saturated heterocycles. The first kappa shape index (κ1) is 15.4. The van der Waals surface area contributed by atoms with Gasteiger partial charge in [0.05, 0.1) is 0 Å². The van der Waals surface area contributed by atoms with Gasteiger partial charge in [0.1, 0.15) is 6.04 Å². The lowest BCUT2D eigenvalue weighted by molar-refractivity contribution is -0.116. The van der Waals surface area contributed by atoms with Crippen molar-refractivity contribution in [2.24, 2.45) is 0 Å². The van der Waals surface area contributed by atoms with Crippen LogP contribution in [0.25, 0.3) is 0 Å². The molecule has 0 aromatic heterocycles. The lowest BCUT2D eigenvalue weighted by Gasteiger charge is -2.16. The Bertz CT molecular complexity index is 610. The van der Waals surface area contributed by atoms with E-state index < -0.39 is 0 Å². The van der Waals surface area contributed by atoms with Gasteiger partial charge in [0, 0.05) is 16.4 Å². The summed E-state index contributed by atoms with van der Waals surface area (Å²) in [6, 6.07) is 14.8.